The molecule has 0 saturated carbocycles. The standard InChI is InChI=1S/2C17H16N4O7S.Ca/c2*1-10-5-3-4-6-13(10)18-17(23)16(11(2)22)20-19-14-8-7-12(29(26,27)28)9-15(14)21(24)25;/h2*3-9,16H,1-2H3,(H,18,23)(H,26,27,28);. The van der Waals surface area contributed by atoms with Gasteiger partial charge in [-0.05, 0) is 75.2 Å². The van der Waals surface area contributed by atoms with Crippen LogP contribution in [0.15, 0.2) is 115 Å². The number of para-hydroxylation sites is 2. The number of nitro benzene ring substituents is 2. The number of ketones is 2. The van der Waals surface area contributed by atoms with Gasteiger partial charge in [0.15, 0.2) is 22.9 Å². The first-order valence-electron chi connectivity index (χ1n) is 16.1. The zero-order valence-corrected chi connectivity index (χ0v) is 35.1. The van der Waals surface area contributed by atoms with Gasteiger partial charge in [-0.25, -0.2) is 0 Å². The molecule has 0 aliphatic carbocycles. The average Bonchev–Trinajstić information content (AvgIpc) is 3.12. The number of carbonyl (C=O) groups is 4. The molecule has 0 aliphatic rings. The summed E-state index contributed by atoms with van der Waals surface area (Å²) in [6, 6.07) is 15.3. The topological polar surface area (TPSA) is 337 Å². The Morgan fingerprint density at radius 3 is 1.20 bits per heavy atom. The van der Waals surface area contributed by atoms with Crippen LogP contribution in [-0.2, 0) is 39.4 Å². The van der Waals surface area contributed by atoms with Crippen molar-refractivity contribution in [3.8, 4) is 0 Å². The van der Waals surface area contributed by atoms with Gasteiger partial charge in [-0.2, -0.15) is 27.1 Å². The second kappa shape index (κ2) is 21.3. The SMILES string of the molecule is CC(=O)C(N=Nc1ccc(S(=O)(=O)O)cc1[N+](=O)[O-])C(=O)Nc1ccccc1C.CC(=O)C(N=Nc1ccc(S(=O)(=O)O)cc1[N+](=O)[O-])C(=O)Nc1ccccc1C.[Ca]. The molecule has 306 valence electrons. The zero-order valence-electron chi connectivity index (χ0n) is 31.2. The Balaban J connectivity index is 0.000000400. The molecule has 2 unspecified atom stereocenters. The summed E-state index contributed by atoms with van der Waals surface area (Å²) < 4.78 is 62.6. The van der Waals surface area contributed by atoms with E-state index in [0.29, 0.717) is 23.5 Å². The molecule has 4 rings (SSSR count). The number of nitro groups is 2. The Labute approximate surface area is 365 Å². The third-order valence-electron chi connectivity index (χ3n) is 7.52. The van der Waals surface area contributed by atoms with E-state index in [-0.39, 0.29) is 37.7 Å². The van der Waals surface area contributed by atoms with Gasteiger partial charge in [0.2, 0.25) is 12.1 Å². The van der Waals surface area contributed by atoms with E-state index in [1.165, 1.54) is 0 Å². The fourth-order valence-corrected chi connectivity index (χ4v) is 5.50. The number of nitrogens with zero attached hydrogens (tertiary/aromatic N) is 6. The van der Waals surface area contributed by atoms with Crippen molar-refractivity contribution in [2.45, 2.75) is 49.6 Å². The average molecular weight is 881 g/mol. The van der Waals surface area contributed by atoms with Gasteiger partial charge < -0.3 is 10.6 Å². The van der Waals surface area contributed by atoms with Crippen LogP contribution in [0.2, 0.25) is 0 Å². The quantitative estimate of drug-likeness (QED) is 0.0313. The van der Waals surface area contributed by atoms with Gasteiger partial charge in [0.25, 0.3) is 43.4 Å². The molecule has 25 heteroatoms. The first kappa shape index (κ1) is 49.4. The molecule has 22 nitrogen and oxygen atoms in total. The summed E-state index contributed by atoms with van der Waals surface area (Å²) in [6.07, 6.45) is 0. The molecule has 2 amide bonds. The molecule has 0 saturated heterocycles. The minimum Gasteiger partial charge on any atom is -0.324 e. The van der Waals surface area contributed by atoms with E-state index in [1.54, 1.807) is 62.4 Å². The van der Waals surface area contributed by atoms with Crippen molar-refractivity contribution >= 4 is 115 Å². The summed E-state index contributed by atoms with van der Waals surface area (Å²) >= 11 is 0. The maximum absolute atomic E-state index is 12.4. The van der Waals surface area contributed by atoms with E-state index in [1.807, 2.05) is 0 Å². The summed E-state index contributed by atoms with van der Waals surface area (Å²) in [4.78, 5) is 67.5. The van der Waals surface area contributed by atoms with E-state index in [0.717, 1.165) is 49.2 Å². The smallest absolute Gasteiger partial charge is 0.298 e. The number of azo groups is 2. The fraction of sp³-hybridized carbons (Fsp3) is 0.176. The number of rotatable bonds is 14. The molecule has 0 heterocycles. The van der Waals surface area contributed by atoms with Crippen molar-refractivity contribution in [3.63, 3.8) is 0 Å². The largest absolute Gasteiger partial charge is 0.324 e. The van der Waals surface area contributed by atoms with Crippen LogP contribution in [0, 0.1) is 34.1 Å². The summed E-state index contributed by atoms with van der Waals surface area (Å²) in [6.45, 7) is 5.72. The summed E-state index contributed by atoms with van der Waals surface area (Å²) in [7, 11) is -9.33. The second-order valence-corrected chi connectivity index (χ2v) is 14.7. The van der Waals surface area contributed by atoms with Gasteiger partial charge >= 0.3 is 0 Å². The van der Waals surface area contributed by atoms with Crippen molar-refractivity contribution in [2.75, 3.05) is 10.6 Å². The number of anilines is 2. The van der Waals surface area contributed by atoms with Gasteiger partial charge in [0.05, 0.1) is 9.85 Å². The second-order valence-electron chi connectivity index (χ2n) is 11.8. The maximum atomic E-state index is 12.4. The molecule has 0 aromatic heterocycles. The van der Waals surface area contributed by atoms with E-state index < -0.39 is 98.1 Å². The molecule has 2 radical (unpaired) electrons. The first-order valence-corrected chi connectivity index (χ1v) is 19.0. The molecular weight excluding hydrogens is 849 g/mol. The number of hydrogen-bond donors (Lipinski definition) is 4. The summed E-state index contributed by atoms with van der Waals surface area (Å²) in [5.74, 6) is -2.88. The predicted octanol–water partition coefficient (Wildman–Crippen LogP) is 5.28. The molecule has 0 fully saturated rings. The molecule has 0 spiro atoms. The van der Waals surface area contributed by atoms with E-state index in [9.17, 15) is 56.2 Å². The van der Waals surface area contributed by atoms with Gasteiger partial charge in [-0.1, -0.05) is 36.4 Å². The van der Waals surface area contributed by atoms with Crippen LogP contribution in [0.3, 0.4) is 0 Å². The van der Waals surface area contributed by atoms with Crippen molar-refractivity contribution in [1.82, 2.24) is 0 Å². The van der Waals surface area contributed by atoms with Crippen molar-refractivity contribution in [1.29, 1.82) is 0 Å². The summed E-state index contributed by atoms with van der Waals surface area (Å²) in [5, 5.41) is 41.8. The minimum atomic E-state index is -4.67. The van der Waals surface area contributed by atoms with Crippen LogP contribution in [0.5, 0.6) is 0 Å². The maximum Gasteiger partial charge on any atom is 0.298 e. The van der Waals surface area contributed by atoms with Gasteiger partial charge in [0, 0.05) is 61.2 Å². The zero-order chi connectivity index (χ0) is 43.5. The number of carbonyl (C=O) groups excluding carboxylic acids is 4. The van der Waals surface area contributed by atoms with E-state index in [2.05, 4.69) is 31.1 Å². The Morgan fingerprint density at radius 1 is 0.610 bits per heavy atom. The van der Waals surface area contributed by atoms with Crippen LogP contribution >= 0.6 is 0 Å². The third-order valence-corrected chi connectivity index (χ3v) is 9.22. The number of benzene rings is 4. The van der Waals surface area contributed by atoms with Crippen LogP contribution in [0.1, 0.15) is 25.0 Å². The normalized spacial score (nSPS) is 12.3. The summed E-state index contributed by atoms with van der Waals surface area (Å²) in [5.41, 5.74) is 0.0867. The molecular formula is C34H32CaN8O14S2. The Morgan fingerprint density at radius 2 is 0.932 bits per heavy atom. The van der Waals surface area contributed by atoms with Crippen molar-refractivity contribution in [2.24, 2.45) is 20.5 Å². The fourth-order valence-electron chi connectivity index (χ4n) is 4.49. The van der Waals surface area contributed by atoms with Crippen LogP contribution in [-0.4, -0.2) is 109 Å². The predicted molar refractivity (Wildman–Crippen MR) is 209 cm³/mol. The van der Waals surface area contributed by atoms with Crippen molar-refractivity contribution in [3.05, 3.63) is 116 Å². The van der Waals surface area contributed by atoms with E-state index >= 15 is 0 Å². The van der Waals surface area contributed by atoms with Gasteiger partial charge in [-0.3, -0.25) is 48.5 Å². The molecule has 2 atom stereocenters. The van der Waals surface area contributed by atoms with Crippen LogP contribution in [0.4, 0.5) is 34.1 Å². The molecule has 4 aromatic carbocycles. The minimum absolute atomic E-state index is 0. The molecule has 0 aliphatic heterocycles. The Bertz CT molecular complexity index is 2410. The number of Topliss-reactive ketones (excluding diaryl/α,β-unsaturated/α-hetero) is 2. The monoisotopic (exact) mass is 880 g/mol. The molecule has 59 heavy (non-hydrogen) atoms. The van der Waals surface area contributed by atoms with Gasteiger partial charge in [0.1, 0.15) is 9.79 Å². The third kappa shape index (κ3) is 14.2. The molecule has 0 bridgehead atoms. The number of amides is 2. The number of nitrogens with one attached hydrogen (secondary N) is 2. The number of aryl methyl sites for hydroxylation is 2. The first-order chi connectivity index (χ1) is 27.0. The van der Waals surface area contributed by atoms with Crippen molar-refractivity contribution < 1.29 is 55.0 Å². The Kier molecular flexibility index (Phi) is 17.8. The molecule has 4 N–H and O–H groups in total. The Hall–Kier alpha value is -5.76. The molecule has 4 aromatic rings. The van der Waals surface area contributed by atoms with Crippen LogP contribution in [0.25, 0.3) is 0 Å². The number of hydrogen-bond acceptors (Lipinski definition) is 16. The van der Waals surface area contributed by atoms with Gasteiger partial charge in [-0.15, -0.1) is 10.2 Å². The van der Waals surface area contributed by atoms with Crippen LogP contribution < -0.4 is 10.6 Å². The van der Waals surface area contributed by atoms with E-state index in [4.69, 9.17) is 9.11 Å².